The number of amides is 1. The molecule has 1 fully saturated rings. The van der Waals surface area contributed by atoms with Crippen molar-refractivity contribution in [1.82, 2.24) is 14.9 Å². The molecule has 1 amide bonds. The standard InChI is InChI=1S/C18H20N4O6S/c23-18(24)19-16-11-21(10-13-4-2-1-3-5-13)12-17(16)20-29(27,28)15-8-6-14(7-9-15)22(25)26/h1-9,16-17,19-20H,10-12H2,(H,23,24)/t16-,17-/m1/s1. The van der Waals surface area contributed by atoms with Gasteiger partial charge in [-0.05, 0) is 17.7 Å². The molecular weight excluding hydrogens is 400 g/mol. The summed E-state index contributed by atoms with van der Waals surface area (Å²) in [5, 5.41) is 22.2. The lowest BCUT2D eigenvalue weighted by atomic mass is 10.2. The molecule has 1 saturated heterocycles. The molecule has 11 heteroatoms. The fourth-order valence-corrected chi connectivity index (χ4v) is 4.56. The summed E-state index contributed by atoms with van der Waals surface area (Å²) in [7, 11) is -3.98. The minimum Gasteiger partial charge on any atom is -0.465 e. The Morgan fingerprint density at radius 2 is 1.72 bits per heavy atom. The van der Waals surface area contributed by atoms with Crippen LogP contribution in [-0.2, 0) is 16.6 Å². The highest BCUT2D eigenvalue weighted by Gasteiger charge is 2.36. The quantitative estimate of drug-likeness (QED) is 0.454. The van der Waals surface area contributed by atoms with E-state index in [9.17, 15) is 23.3 Å². The van der Waals surface area contributed by atoms with Crippen molar-refractivity contribution in [3.63, 3.8) is 0 Å². The second kappa shape index (κ2) is 8.55. The minimum absolute atomic E-state index is 0.126. The predicted octanol–water partition coefficient (Wildman–Crippen LogP) is 1.39. The molecule has 0 aliphatic carbocycles. The van der Waals surface area contributed by atoms with Crippen LogP contribution in [0.25, 0.3) is 0 Å². The Hall–Kier alpha value is -3.02. The number of rotatable bonds is 7. The number of benzene rings is 2. The van der Waals surface area contributed by atoms with Crippen LogP contribution >= 0.6 is 0 Å². The maximum atomic E-state index is 12.7. The van der Waals surface area contributed by atoms with Crippen LogP contribution in [0.5, 0.6) is 0 Å². The van der Waals surface area contributed by atoms with Crippen LogP contribution in [0.15, 0.2) is 59.5 Å². The molecule has 1 heterocycles. The van der Waals surface area contributed by atoms with Gasteiger partial charge in [0.2, 0.25) is 10.0 Å². The van der Waals surface area contributed by atoms with Gasteiger partial charge >= 0.3 is 6.09 Å². The number of likely N-dealkylation sites (tertiary alicyclic amines) is 1. The summed E-state index contributed by atoms with van der Waals surface area (Å²) in [5.41, 5.74) is 0.810. The lowest BCUT2D eigenvalue weighted by Crippen LogP contribution is -2.50. The van der Waals surface area contributed by atoms with E-state index in [2.05, 4.69) is 10.0 Å². The van der Waals surface area contributed by atoms with E-state index in [4.69, 9.17) is 5.11 Å². The van der Waals surface area contributed by atoms with Crippen LogP contribution in [-0.4, -0.2) is 54.6 Å². The van der Waals surface area contributed by atoms with E-state index in [0.29, 0.717) is 19.6 Å². The Labute approximate surface area is 167 Å². The number of non-ortho nitro benzene ring substituents is 1. The van der Waals surface area contributed by atoms with Gasteiger partial charge in [-0.1, -0.05) is 30.3 Å². The highest BCUT2D eigenvalue weighted by atomic mass is 32.2. The van der Waals surface area contributed by atoms with Gasteiger partial charge in [0.25, 0.3) is 5.69 Å². The summed E-state index contributed by atoms with van der Waals surface area (Å²) in [5.74, 6) is 0. The second-order valence-electron chi connectivity index (χ2n) is 6.71. The van der Waals surface area contributed by atoms with Gasteiger partial charge in [-0.15, -0.1) is 0 Å². The van der Waals surface area contributed by atoms with Crippen molar-refractivity contribution in [1.29, 1.82) is 0 Å². The fraction of sp³-hybridized carbons (Fsp3) is 0.278. The lowest BCUT2D eigenvalue weighted by Gasteiger charge is -2.19. The molecular formula is C18H20N4O6S. The first-order chi connectivity index (χ1) is 13.7. The van der Waals surface area contributed by atoms with Gasteiger partial charge in [0.1, 0.15) is 0 Å². The molecule has 10 nitrogen and oxygen atoms in total. The van der Waals surface area contributed by atoms with Gasteiger partial charge in [0.15, 0.2) is 0 Å². The monoisotopic (exact) mass is 420 g/mol. The predicted molar refractivity (Wildman–Crippen MR) is 104 cm³/mol. The summed E-state index contributed by atoms with van der Waals surface area (Å²) in [6.45, 7) is 1.20. The number of nitro groups is 1. The minimum atomic E-state index is -3.98. The molecule has 2 aromatic rings. The first-order valence-corrected chi connectivity index (χ1v) is 10.3. The second-order valence-corrected chi connectivity index (χ2v) is 8.43. The molecule has 3 rings (SSSR count). The lowest BCUT2D eigenvalue weighted by molar-refractivity contribution is -0.384. The number of hydrogen-bond acceptors (Lipinski definition) is 6. The average Bonchev–Trinajstić information content (AvgIpc) is 3.02. The van der Waals surface area contributed by atoms with E-state index < -0.39 is 33.1 Å². The zero-order valence-corrected chi connectivity index (χ0v) is 16.1. The van der Waals surface area contributed by atoms with E-state index in [1.807, 2.05) is 35.2 Å². The number of carbonyl (C=O) groups is 1. The van der Waals surface area contributed by atoms with Gasteiger partial charge in [-0.3, -0.25) is 15.0 Å². The molecule has 0 spiro atoms. The van der Waals surface area contributed by atoms with E-state index in [1.165, 1.54) is 0 Å². The molecule has 2 aromatic carbocycles. The smallest absolute Gasteiger partial charge is 0.404 e. The Morgan fingerprint density at radius 3 is 2.31 bits per heavy atom. The molecule has 154 valence electrons. The van der Waals surface area contributed by atoms with E-state index in [0.717, 1.165) is 29.8 Å². The maximum Gasteiger partial charge on any atom is 0.404 e. The normalized spacial score (nSPS) is 19.7. The van der Waals surface area contributed by atoms with E-state index >= 15 is 0 Å². The number of hydrogen-bond donors (Lipinski definition) is 3. The van der Waals surface area contributed by atoms with Crippen molar-refractivity contribution in [2.75, 3.05) is 13.1 Å². The Kier molecular flexibility index (Phi) is 6.11. The Balaban J connectivity index is 1.75. The number of sulfonamides is 1. The Morgan fingerprint density at radius 1 is 1.10 bits per heavy atom. The van der Waals surface area contributed by atoms with Crippen LogP contribution in [0, 0.1) is 10.1 Å². The SMILES string of the molecule is O=C(O)N[C@@H]1CN(Cc2ccccc2)C[C@H]1NS(=O)(=O)c1ccc([N+](=O)[O-])cc1. The van der Waals surface area contributed by atoms with Crippen molar-refractivity contribution in [3.8, 4) is 0 Å². The van der Waals surface area contributed by atoms with Crippen molar-refractivity contribution >= 4 is 21.8 Å². The highest BCUT2D eigenvalue weighted by molar-refractivity contribution is 7.89. The number of nitrogens with zero attached hydrogens (tertiary/aromatic N) is 2. The van der Waals surface area contributed by atoms with E-state index in [-0.39, 0.29) is 10.6 Å². The van der Waals surface area contributed by atoms with Crippen molar-refractivity contribution < 1.29 is 23.2 Å². The van der Waals surface area contributed by atoms with Gasteiger partial charge in [0.05, 0.1) is 21.9 Å². The van der Waals surface area contributed by atoms with Gasteiger partial charge in [0, 0.05) is 31.8 Å². The van der Waals surface area contributed by atoms with Gasteiger partial charge in [-0.25, -0.2) is 17.9 Å². The summed E-state index contributed by atoms with van der Waals surface area (Å²) in [6, 6.07) is 12.8. The Bertz CT molecular complexity index is 981. The molecule has 0 radical (unpaired) electrons. The van der Waals surface area contributed by atoms with Crippen LogP contribution in [0.3, 0.4) is 0 Å². The van der Waals surface area contributed by atoms with Gasteiger partial charge < -0.3 is 10.4 Å². The highest BCUT2D eigenvalue weighted by Crippen LogP contribution is 2.19. The molecule has 0 bridgehead atoms. The van der Waals surface area contributed by atoms with Crippen LogP contribution in [0.1, 0.15) is 5.56 Å². The first-order valence-electron chi connectivity index (χ1n) is 8.77. The summed E-state index contributed by atoms with van der Waals surface area (Å²) < 4.78 is 27.9. The summed E-state index contributed by atoms with van der Waals surface area (Å²) in [4.78, 5) is 23.1. The zero-order chi connectivity index (χ0) is 21.0. The molecule has 0 aromatic heterocycles. The number of carboxylic acid groups (broad SMARTS) is 1. The van der Waals surface area contributed by atoms with Crippen molar-refractivity contribution in [3.05, 3.63) is 70.3 Å². The van der Waals surface area contributed by atoms with Crippen molar-refractivity contribution in [2.24, 2.45) is 0 Å². The third-order valence-electron chi connectivity index (χ3n) is 4.62. The third-order valence-corrected chi connectivity index (χ3v) is 6.12. The van der Waals surface area contributed by atoms with Crippen molar-refractivity contribution in [2.45, 2.75) is 23.5 Å². The average molecular weight is 420 g/mol. The molecule has 1 aliphatic rings. The zero-order valence-electron chi connectivity index (χ0n) is 15.3. The molecule has 3 N–H and O–H groups in total. The van der Waals surface area contributed by atoms with Crippen LogP contribution < -0.4 is 10.0 Å². The van der Waals surface area contributed by atoms with E-state index in [1.54, 1.807) is 0 Å². The molecule has 29 heavy (non-hydrogen) atoms. The first kappa shape index (κ1) is 20.7. The summed E-state index contributed by atoms with van der Waals surface area (Å²) >= 11 is 0. The number of nitro benzene ring substituents is 1. The largest absolute Gasteiger partial charge is 0.465 e. The fourth-order valence-electron chi connectivity index (χ4n) is 3.29. The summed E-state index contributed by atoms with van der Waals surface area (Å²) in [6.07, 6.45) is -1.24. The van der Waals surface area contributed by atoms with Crippen LogP contribution in [0.2, 0.25) is 0 Å². The molecule has 0 saturated carbocycles. The topological polar surface area (TPSA) is 142 Å². The molecule has 0 unspecified atom stereocenters. The third kappa shape index (κ3) is 5.28. The van der Waals surface area contributed by atoms with Crippen LogP contribution in [0.4, 0.5) is 10.5 Å². The van der Waals surface area contributed by atoms with Gasteiger partial charge in [-0.2, -0.15) is 0 Å². The number of nitrogens with one attached hydrogen (secondary N) is 2. The molecule has 2 atom stereocenters. The molecule has 1 aliphatic heterocycles. The maximum absolute atomic E-state index is 12.7.